The van der Waals surface area contributed by atoms with Crippen LogP contribution < -0.4 is 5.32 Å². The molecule has 17 heavy (non-hydrogen) atoms. The maximum absolute atomic E-state index is 11.8. The number of nitrogens with zero attached hydrogens (tertiary/aromatic N) is 2. The molecule has 0 aromatic carbocycles. The Labute approximate surface area is 101 Å². The second kappa shape index (κ2) is 5.93. The first-order chi connectivity index (χ1) is 8.28. The predicted octanol–water partition coefficient (Wildman–Crippen LogP) is 0.393. The van der Waals surface area contributed by atoms with Crippen molar-refractivity contribution in [1.82, 2.24) is 15.1 Å². The van der Waals surface area contributed by atoms with Crippen molar-refractivity contribution in [3.05, 3.63) is 18.0 Å². The molecule has 0 amide bonds. The molecule has 5 nitrogen and oxygen atoms in total. The lowest BCUT2D eigenvalue weighted by Crippen LogP contribution is -2.42. The summed E-state index contributed by atoms with van der Waals surface area (Å²) < 4.78 is 7.16. The summed E-state index contributed by atoms with van der Waals surface area (Å²) in [5.41, 5.74) is 0.994. The molecule has 5 heteroatoms. The molecule has 2 rings (SSSR count). The van der Waals surface area contributed by atoms with Gasteiger partial charge in [0.05, 0.1) is 19.4 Å². The number of hydrogen-bond acceptors (Lipinski definition) is 4. The topological polar surface area (TPSA) is 56.1 Å². The molecule has 0 aliphatic carbocycles. The van der Waals surface area contributed by atoms with Gasteiger partial charge in [-0.2, -0.15) is 5.10 Å². The van der Waals surface area contributed by atoms with E-state index in [-0.39, 0.29) is 11.8 Å². The lowest BCUT2D eigenvalue weighted by Gasteiger charge is -2.22. The molecule has 1 aromatic heterocycles. The summed E-state index contributed by atoms with van der Waals surface area (Å²) in [6, 6.07) is 0.178. The number of morpholine rings is 1. The van der Waals surface area contributed by atoms with E-state index < -0.39 is 0 Å². The Morgan fingerprint density at radius 1 is 1.71 bits per heavy atom. The number of aryl methyl sites for hydroxylation is 1. The molecule has 2 heterocycles. The molecular weight excluding hydrogens is 218 g/mol. The highest BCUT2D eigenvalue weighted by Crippen LogP contribution is 2.05. The Morgan fingerprint density at radius 2 is 2.59 bits per heavy atom. The number of carbonyl (C=O) groups is 1. The quantitative estimate of drug-likeness (QED) is 0.805. The number of Topliss-reactive ketones (excluding diaryl/α,β-unsaturated/α-hetero) is 1. The second-order valence-electron chi connectivity index (χ2n) is 4.35. The predicted molar refractivity (Wildman–Crippen MR) is 63.8 cm³/mol. The van der Waals surface area contributed by atoms with Crippen molar-refractivity contribution in [2.45, 2.75) is 32.4 Å². The molecule has 1 unspecified atom stereocenters. The number of rotatable bonds is 5. The number of carbonyl (C=O) groups excluding carboxylic acids is 1. The largest absolute Gasteiger partial charge is 0.379 e. The molecule has 1 N–H and O–H groups in total. The van der Waals surface area contributed by atoms with Gasteiger partial charge in [0.25, 0.3) is 0 Å². The number of ketones is 1. The minimum atomic E-state index is 0.178. The first kappa shape index (κ1) is 12.3. The smallest absolute Gasteiger partial charge is 0.139 e. The van der Waals surface area contributed by atoms with Crippen molar-refractivity contribution in [1.29, 1.82) is 0 Å². The zero-order valence-corrected chi connectivity index (χ0v) is 10.2. The number of ether oxygens (including phenoxy) is 1. The number of aromatic nitrogens is 2. The van der Waals surface area contributed by atoms with Crippen LogP contribution in [0.4, 0.5) is 0 Å². The average molecular weight is 237 g/mol. The van der Waals surface area contributed by atoms with Gasteiger partial charge in [-0.25, -0.2) is 0 Å². The molecule has 1 fully saturated rings. The normalized spacial score (nSPS) is 20.4. The van der Waals surface area contributed by atoms with Crippen LogP contribution in [0, 0.1) is 0 Å². The third-order valence-electron chi connectivity index (χ3n) is 2.88. The van der Waals surface area contributed by atoms with Gasteiger partial charge in [0.2, 0.25) is 0 Å². The van der Waals surface area contributed by atoms with Gasteiger partial charge in [0.15, 0.2) is 0 Å². The van der Waals surface area contributed by atoms with Gasteiger partial charge in [-0.05, 0) is 12.5 Å². The second-order valence-corrected chi connectivity index (χ2v) is 4.35. The molecule has 0 bridgehead atoms. The van der Waals surface area contributed by atoms with E-state index in [1.54, 1.807) is 6.20 Å². The van der Waals surface area contributed by atoms with E-state index in [0.29, 0.717) is 19.4 Å². The summed E-state index contributed by atoms with van der Waals surface area (Å²) in [5.74, 6) is 0.239. The maximum Gasteiger partial charge on any atom is 0.139 e. The van der Waals surface area contributed by atoms with Crippen molar-refractivity contribution in [3.63, 3.8) is 0 Å². The van der Waals surface area contributed by atoms with Gasteiger partial charge >= 0.3 is 0 Å². The first-order valence-corrected chi connectivity index (χ1v) is 6.12. The molecule has 1 aliphatic heterocycles. The summed E-state index contributed by atoms with van der Waals surface area (Å²) >= 11 is 0. The van der Waals surface area contributed by atoms with E-state index in [2.05, 4.69) is 10.4 Å². The van der Waals surface area contributed by atoms with Crippen molar-refractivity contribution in [3.8, 4) is 0 Å². The van der Waals surface area contributed by atoms with E-state index in [1.807, 2.05) is 17.8 Å². The van der Waals surface area contributed by atoms with Crippen molar-refractivity contribution in [2.24, 2.45) is 0 Å². The summed E-state index contributed by atoms with van der Waals surface area (Å²) in [6.45, 7) is 5.09. The minimum absolute atomic E-state index is 0.178. The van der Waals surface area contributed by atoms with Gasteiger partial charge in [0.1, 0.15) is 5.78 Å². The summed E-state index contributed by atoms with van der Waals surface area (Å²) in [7, 11) is 0. The standard InChI is InChI=1S/C12H19N3O2/c1-2-15-8-10(7-14-15)5-12(16)6-11-9-17-4-3-13-11/h7-8,11,13H,2-6,9H2,1H3. The van der Waals surface area contributed by atoms with Crippen LogP contribution >= 0.6 is 0 Å². The summed E-state index contributed by atoms with van der Waals surface area (Å²) in [5, 5.41) is 7.44. The molecule has 0 radical (unpaired) electrons. The summed E-state index contributed by atoms with van der Waals surface area (Å²) in [4.78, 5) is 11.8. The van der Waals surface area contributed by atoms with Crippen molar-refractivity contribution in [2.75, 3.05) is 19.8 Å². The number of hydrogen-bond donors (Lipinski definition) is 1. The van der Waals surface area contributed by atoms with E-state index in [0.717, 1.165) is 25.3 Å². The third-order valence-corrected chi connectivity index (χ3v) is 2.88. The lowest BCUT2D eigenvalue weighted by atomic mass is 10.1. The van der Waals surface area contributed by atoms with E-state index in [4.69, 9.17) is 4.74 Å². The zero-order chi connectivity index (χ0) is 12.1. The zero-order valence-electron chi connectivity index (χ0n) is 10.2. The van der Waals surface area contributed by atoms with Crippen LogP contribution in [-0.4, -0.2) is 41.4 Å². The van der Waals surface area contributed by atoms with Gasteiger partial charge in [-0.3, -0.25) is 9.48 Å². The monoisotopic (exact) mass is 237 g/mol. The molecule has 1 saturated heterocycles. The SMILES string of the molecule is CCn1cc(CC(=O)CC2COCCN2)cn1. The van der Waals surface area contributed by atoms with E-state index in [9.17, 15) is 4.79 Å². The van der Waals surface area contributed by atoms with E-state index in [1.165, 1.54) is 0 Å². The van der Waals surface area contributed by atoms with Crippen LogP contribution in [0.5, 0.6) is 0 Å². The fourth-order valence-corrected chi connectivity index (χ4v) is 2.00. The number of nitrogens with one attached hydrogen (secondary N) is 1. The van der Waals surface area contributed by atoms with Crippen LogP contribution in [0.2, 0.25) is 0 Å². The van der Waals surface area contributed by atoms with Gasteiger partial charge in [-0.1, -0.05) is 0 Å². The first-order valence-electron chi connectivity index (χ1n) is 6.12. The third kappa shape index (κ3) is 3.64. The highest BCUT2D eigenvalue weighted by molar-refractivity contribution is 5.81. The van der Waals surface area contributed by atoms with Gasteiger partial charge in [-0.15, -0.1) is 0 Å². The maximum atomic E-state index is 11.8. The van der Waals surface area contributed by atoms with Gasteiger partial charge < -0.3 is 10.1 Å². The minimum Gasteiger partial charge on any atom is -0.379 e. The Morgan fingerprint density at radius 3 is 3.24 bits per heavy atom. The Kier molecular flexibility index (Phi) is 4.28. The Bertz CT molecular complexity index is 370. The highest BCUT2D eigenvalue weighted by Gasteiger charge is 2.17. The molecular formula is C12H19N3O2. The van der Waals surface area contributed by atoms with Crippen molar-refractivity contribution >= 4 is 5.78 Å². The molecule has 0 spiro atoms. The molecule has 0 saturated carbocycles. The molecule has 1 atom stereocenters. The fourth-order valence-electron chi connectivity index (χ4n) is 2.00. The Hall–Kier alpha value is -1.20. The van der Waals surface area contributed by atoms with Crippen molar-refractivity contribution < 1.29 is 9.53 Å². The fraction of sp³-hybridized carbons (Fsp3) is 0.667. The molecule has 1 aliphatic rings. The van der Waals surface area contributed by atoms with Crippen LogP contribution in [0.3, 0.4) is 0 Å². The van der Waals surface area contributed by atoms with Crippen LogP contribution in [0.25, 0.3) is 0 Å². The molecule has 1 aromatic rings. The lowest BCUT2D eigenvalue weighted by molar-refractivity contribution is -0.119. The van der Waals surface area contributed by atoms with Crippen LogP contribution in [0.15, 0.2) is 12.4 Å². The van der Waals surface area contributed by atoms with Crippen LogP contribution in [-0.2, 0) is 22.5 Å². The summed E-state index contributed by atoms with van der Waals surface area (Å²) in [6.07, 6.45) is 4.71. The van der Waals surface area contributed by atoms with Gasteiger partial charge in [0, 0.05) is 38.2 Å². The van der Waals surface area contributed by atoms with E-state index >= 15 is 0 Å². The highest BCUT2D eigenvalue weighted by atomic mass is 16.5. The Balaban J connectivity index is 1.79. The van der Waals surface area contributed by atoms with Crippen LogP contribution in [0.1, 0.15) is 18.9 Å². The molecule has 94 valence electrons. The average Bonchev–Trinajstić information content (AvgIpc) is 2.78.